The second-order valence-corrected chi connectivity index (χ2v) is 3.94. The van der Waals surface area contributed by atoms with E-state index in [2.05, 4.69) is 9.72 Å². The van der Waals surface area contributed by atoms with Crippen molar-refractivity contribution in [3.05, 3.63) is 47.5 Å². The third-order valence-corrected chi connectivity index (χ3v) is 2.70. The summed E-state index contributed by atoms with van der Waals surface area (Å²) in [6, 6.07) is 11.5. The number of carbonyl (C=O) groups excluding carboxylic acids is 1. The fourth-order valence-electron chi connectivity index (χ4n) is 1.82. The van der Waals surface area contributed by atoms with Gasteiger partial charge in [0.1, 0.15) is 11.4 Å². The first kappa shape index (κ1) is 12.1. The van der Waals surface area contributed by atoms with Gasteiger partial charge in [-0.15, -0.1) is 0 Å². The molecule has 4 nitrogen and oxygen atoms in total. The van der Waals surface area contributed by atoms with E-state index in [0.29, 0.717) is 5.56 Å². The zero-order chi connectivity index (χ0) is 13.1. The molecule has 0 fully saturated rings. The number of esters is 1. The monoisotopic (exact) mass is 242 g/mol. The van der Waals surface area contributed by atoms with Gasteiger partial charge in [0.25, 0.3) is 0 Å². The van der Waals surface area contributed by atoms with Crippen molar-refractivity contribution in [3.63, 3.8) is 0 Å². The van der Waals surface area contributed by atoms with Crippen LogP contribution in [-0.4, -0.2) is 18.1 Å². The third kappa shape index (κ3) is 2.18. The Kier molecular flexibility index (Phi) is 3.28. The molecule has 2 N–H and O–H groups in total. The fourth-order valence-corrected chi connectivity index (χ4v) is 1.82. The van der Waals surface area contributed by atoms with Crippen molar-refractivity contribution in [2.45, 2.75) is 6.92 Å². The number of ether oxygens (including phenoxy) is 1. The zero-order valence-corrected chi connectivity index (χ0v) is 10.3. The molecule has 4 heteroatoms. The minimum atomic E-state index is -0.461. The SMILES string of the molecule is COC(=O)c1c(C)cc(-c2ccccc2)nc1N. The Labute approximate surface area is 105 Å². The number of aromatic nitrogens is 1. The molecule has 0 atom stereocenters. The number of nitrogen functional groups attached to an aromatic ring is 1. The summed E-state index contributed by atoms with van der Waals surface area (Å²) < 4.78 is 4.68. The number of aryl methyl sites for hydroxylation is 1. The number of rotatable bonds is 2. The van der Waals surface area contributed by atoms with E-state index in [1.165, 1.54) is 7.11 Å². The highest BCUT2D eigenvalue weighted by Crippen LogP contribution is 2.23. The van der Waals surface area contributed by atoms with Crippen molar-refractivity contribution in [3.8, 4) is 11.3 Å². The Morgan fingerprint density at radius 3 is 2.50 bits per heavy atom. The second kappa shape index (κ2) is 4.87. The summed E-state index contributed by atoms with van der Waals surface area (Å²) in [5.74, 6) is -0.266. The quantitative estimate of drug-likeness (QED) is 0.821. The van der Waals surface area contributed by atoms with Crippen molar-refractivity contribution >= 4 is 11.8 Å². The number of anilines is 1. The molecule has 92 valence electrons. The Balaban J connectivity index is 2.53. The van der Waals surface area contributed by atoms with Crippen LogP contribution in [-0.2, 0) is 4.74 Å². The lowest BCUT2D eigenvalue weighted by atomic mass is 10.1. The maximum Gasteiger partial charge on any atom is 0.341 e. The van der Waals surface area contributed by atoms with Gasteiger partial charge in [0.15, 0.2) is 0 Å². The molecule has 0 radical (unpaired) electrons. The molecule has 0 aliphatic carbocycles. The van der Waals surface area contributed by atoms with Crippen LogP contribution in [0.3, 0.4) is 0 Å². The van der Waals surface area contributed by atoms with Crippen LogP contribution in [0, 0.1) is 6.92 Å². The fraction of sp³-hybridized carbons (Fsp3) is 0.143. The van der Waals surface area contributed by atoms with Crippen molar-refractivity contribution in [1.82, 2.24) is 4.98 Å². The van der Waals surface area contributed by atoms with Gasteiger partial charge in [0.05, 0.1) is 12.8 Å². The summed E-state index contributed by atoms with van der Waals surface area (Å²) in [5.41, 5.74) is 8.62. The van der Waals surface area contributed by atoms with Gasteiger partial charge in [-0.05, 0) is 18.6 Å². The Hall–Kier alpha value is -2.36. The number of carbonyl (C=O) groups is 1. The molecule has 18 heavy (non-hydrogen) atoms. The maximum absolute atomic E-state index is 11.6. The number of nitrogens with zero attached hydrogens (tertiary/aromatic N) is 1. The van der Waals surface area contributed by atoms with E-state index in [-0.39, 0.29) is 5.82 Å². The smallest absolute Gasteiger partial charge is 0.341 e. The van der Waals surface area contributed by atoms with Gasteiger partial charge in [0, 0.05) is 5.56 Å². The van der Waals surface area contributed by atoms with Crippen molar-refractivity contribution in [2.24, 2.45) is 0 Å². The summed E-state index contributed by atoms with van der Waals surface area (Å²) in [6.07, 6.45) is 0. The zero-order valence-electron chi connectivity index (χ0n) is 10.3. The van der Waals surface area contributed by atoms with Gasteiger partial charge < -0.3 is 10.5 Å². The van der Waals surface area contributed by atoms with Crippen molar-refractivity contribution in [1.29, 1.82) is 0 Å². The molecule has 1 aromatic heterocycles. The standard InChI is InChI=1S/C14H14N2O2/c1-9-8-11(10-6-4-3-5-7-10)16-13(15)12(9)14(17)18-2/h3-8H,1-2H3,(H2,15,16). The highest BCUT2D eigenvalue weighted by Gasteiger charge is 2.16. The van der Waals surface area contributed by atoms with Crippen LogP contribution in [0.1, 0.15) is 15.9 Å². The largest absolute Gasteiger partial charge is 0.465 e. The number of benzene rings is 1. The molecule has 0 spiro atoms. The molecule has 2 rings (SSSR count). The first-order valence-corrected chi connectivity index (χ1v) is 5.54. The normalized spacial score (nSPS) is 10.1. The molecule has 1 heterocycles. The number of nitrogens with two attached hydrogens (primary N) is 1. The van der Waals surface area contributed by atoms with E-state index in [9.17, 15) is 4.79 Å². The van der Waals surface area contributed by atoms with Crippen LogP contribution in [0.25, 0.3) is 11.3 Å². The summed E-state index contributed by atoms with van der Waals surface area (Å²) in [7, 11) is 1.33. The lowest BCUT2D eigenvalue weighted by molar-refractivity contribution is 0.0601. The highest BCUT2D eigenvalue weighted by atomic mass is 16.5. The van der Waals surface area contributed by atoms with E-state index in [4.69, 9.17) is 5.73 Å². The van der Waals surface area contributed by atoms with E-state index < -0.39 is 5.97 Å². The van der Waals surface area contributed by atoms with Crippen LogP contribution in [0.5, 0.6) is 0 Å². The predicted octanol–water partition coefficient (Wildman–Crippen LogP) is 2.43. The topological polar surface area (TPSA) is 65.2 Å². The van der Waals surface area contributed by atoms with E-state index in [1.54, 1.807) is 0 Å². The average molecular weight is 242 g/mol. The number of methoxy groups -OCH3 is 1. The molecule has 0 saturated carbocycles. The number of hydrogen-bond acceptors (Lipinski definition) is 4. The molecule has 0 unspecified atom stereocenters. The van der Waals surface area contributed by atoms with Crippen molar-refractivity contribution < 1.29 is 9.53 Å². The van der Waals surface area contributed by atoms with Crippen LogP contribution >= 0.6 is 0 Å². The summed E-state index contributed by atoms with van der Waals surface area (Å²) in [5, 5.41) is 0. The predicted molar refractivity (Wildman–Crippen MR) is 70.2 cm³/mol. The Bertz CT molecular complexity index is 557. The molecular weight excluding hydrogens is 228 g/mol. The minimum absolute atomic E-state index is 0.195. The van der Waals surface area contributed by atoms with Crippen LogP contribution in [0.4, 0.5) is 5.82 Å². The molecule has 0 amide bonds. The summed E-state index contributed by atoms with van der Waals surface area (Å²) in [6.45, 7) is 1.82. The lowest BCUT2D eigenvalue weighted by Crippen LogP contribution is -2.10. The molecule has 0 aliphatic rings. The van der Waals surface area contributed by atoms with Crippen LogP contribution in [0.15, 0.2) is 36.4 Å². The average Bonchev–Trinajstić information content (AvgIpc) is 2.38. The van der Waals surface area contributed by atoms with Crippen LogP contribution < -0.4 is 5.73 Å². The van der Waals surface area contributed by atoms with Gasteiger partial charge >= 0.3 is 5.97 Å². The van der Waals surface area contributed by atoms with Gasteiger partial charge in [-0.1, -0.05) is 30.3 Å². The molecule has 0 saturated heterocycles. The lowest BCUT2D eigenvalue weighted by Gasteiger charge is -2.09. The highest BCUT2D eigenvalue weighted by molar-refractivity contribution is 5.96. The summed E-state index contributed by atoms with van der Waals surface area (Å²) >= 11 is 0. The van der Waals surface area contributed by atoms with E-state index >= 15 is 0 Å². The first-order chi connectivity index (χ1) is 8.63. The molecular formula is C14H14N2O2. The Morgan fingerprint density at radius 1 is 1.28 bits per heavy atom. The first-order valence-electron chi connectivity index (χ1n) is 5.54. The minimum Gasteiger partial charge on any atom is -0.465 e. The summed E-state index contributed by atoms with van der Waals surface area (Å²) in [4.78, 5) is 15.8. The van der Waals surface area contributed by atoms with E-state index in [1.807, 2.05) is 43.3 Å². The van der Waals surface area contributed by atoms with Gasteiger partial charge in [-0.3, -0.25) is 0 Å². The number of hydrogen-bond donors (Lipinski definition) is 1. The van der Waals surface area contributed by atoms with E-state index in [0.717, 1.165) is 16.8 Å². The Morgan fingerprint density at radius 2 is 1.94 bits per heavy atom. The number of pyridine rings is 1. The third-order valence-electron chi connectivity index (χ3n) is 2.70. The van der Waals surface area contributed by atoms with Gasteiger partial charge in [0.2, 0.25) is 0 Å². The molecule has 2 aromatic rings. The van der Waals surface area contributed by atoms with Crippen molar-refractivity contribution in [2.75, 3.05) is 12.8 Å². The van der Waals surface area contributed by atoms with Crippen LogP contribution in [0.2, 0.25) is 0 Å². The maximum atomic E-state index is 11.6. The van der Waals surface area contributed by atoms with Gasteiger partial charge in [-0.25, -0.2) is 9.78 Å². The van der Waals surface area contributed by atoms with Gasteiger partial charge in [-0.2, -0.15) is 0 Å². The molecule has 0 aliphatic heterocycles. The second-order valence-electron chi connectivity index (χ2n) is 3.94. The molecule has 0 bridgehead atoms. The molecule has 1 aromatic carbocycles.